The molecule has 0 aliphatic heterocycles. The van der Waals surface area contributed by atoms with Gasteiger partial charge in [0.15, 0.2) is 0 Å². The number of benzene rings is 2. The van der Waals surface area contributed by atoms with E-state index in [4.69, 9.17) is 4.98 Å². The van der Waals surface area contributed by atoms with Gasteiger partial charge in [0.05, 0.1) is 23.7 Å². The molecule has 2 aromatic carbocycles. The van der Waals surface area contributed by atoms with Crippen molar-refractivity contribution < 1.29 is 26.3 Å². The minimum absolute atomic E-state index is 0.0620. The second kappa shape index (κ2) is 13.2. The Hall–Kier alpha value is -3.90. The number of anilines is 2. The van der Waals surface area contributed by atoms with E-state index in [1.807, 2.05) is 37.3 Å². The van der Waals surface area contributed by atoms with Crippen LogP contribution >= 0.6 is 0 Å². The molecule has 7 nitrogen and oxygen atoms in total. The average Bonchev–Trinajstić information content (AvgIpc) is 3.39. The largest absolute Gasteiger partial charge is 0.416 e. The molecule has 0 spiro atoms. The van der Waals surface area contributed by atoms with Gasteiger partial charge in [-0.25, -0.2) is 4.98 Å². The van der Waals surface area contributed by atoms with Crippen LogP contribution in [0.2, 0.25) is 0 Å². The maximum atomic E-state index is 13.6. The number of halogens is 6. The van der Waals surface area contributed by atoms with Gasteiger partial charge >= 0.3 is 12.4 Å². The summed E-state index contributed by atoms with van der Waals surface area (Å²) < 4.78 is 81.7. The normalized spacial score (nSPS) is 13.0. The van der Waals surface area contributed by atoms with Gasteiger partial charge in [-0.3, -0.25) is 0 Å². The second-order valence-corrected chi connectivity index (χ2v) is 10.8. The number of fused-ring (bicyclic) bond motifs is 1. The first-order chi connectivity index (χ1) is 20.3. The zero-order chi connectivity index (χ0) is 31.4. The number of hydrogen-bond acceptors (Lipinski definition) is 6. The van der Waals surface area contributed by atoms with Gasteiger partial charge < -0.3 is 9.80 Å². The van der Waals surface area contributed by atoms with Crippen LogP contribution in [0.25, 0.3) is 10.9 Å². The SMILES string of the molecule is CCCCC(C)CN(CC)c1nc2ccccc2cc1CN(Cc1cc(C(F)(F)F)cc(C(F)(F)F)c1)c1nnn(C)n1. The van der Waals surface area contributed by atoms with Gasteiger partial charge in [-0.05, 0) is 60.4 Å². The first kappa shape index (κ1) is 32.0. The highest BCUT2D eigenvalue weighted by atomic mass is 19.4. The number of rotatable bonds is 12. The molecule has 0 amide bonds. The summed E-state index contributed by atoms with van der Waals surface area (Å²) in [6.45, 7) is 7.48. The quantitative estimate of drug-likeness (QED) is 0.154. The van der Waals surface area contributed by atoms with Crippen molar-refractivity contribution in [2.45, 2.75) is 65.5 Å². The third-order valence-electron chi connectivity index (χ3n) is 7.21. The molecule has 1 atom stereocenters. The van der Waals surface area contributed by atoms with E-state index in [1.165, 1.54) is 16.7 Å². The first-order valence-corrected chi connectivity index (χ1v) is 14.2. The van der Waals surface area contributed by atoms with E-state index in [-0.39, 0.29) is 30.7 Å². The third-order valence-corrected chi connectivity index (χ3v) is 7.21. The molecule has 4 aromatic rings. The Morgan fingerprint density at radius 1 is 0.884 bits per heavy atom. The minimum atomic E-state index is -4.96. The predicted molar refractivity (Wildman–Crippen MR) is 153 cm³/mol. The minimum Gasteiger partial charge on any atom is -0.356 e. The number of pyridine rings is 1. The van der Waals surface area contributed by atoms with E-state index in [9.17, 15) is 26.3 Å². The van der Waals surface area contributed by atoms with Crippen LogP contribution in [-0.4, -0.2) is 38.3 Å². The molecule has 0 fully saturated rings. The second-order valence-electron chi connectivity index (χ2n) is 10.8. The zero-order valence-corrected chi connectivity index (χ0v) is 24.5. The first-order valence-electron chi connectivity index (χ1n) is 14.2. The number of nitrogens with zero attached hydrogens (tertiary/aromatic N) is 7. The molecule has 4 rings (SSSR count). The van der Waals surface area contributed by atoms with E-state index in [0.717, 1.165) is 54.4 Å². The zero-order valence-electron chi connectivity index (χ0n) is 24.5. The Kier molecular flexibility index (Phi) is 9.81. The van der Waals surface area contributed by atoms with Crippen molar-refractivity contribution in [1.29, 1.82) is 0 Å². The van der Waals surface area contributed by atoms with E-state index >= 15 is 0 Å². The molecule has 13 heteroatoms. The summed E-state index contributed by atoms with van der Waals surface area (Å²) in [7, 11) is 1.53. The van der Waals surface area contributed by atoms with Crippen molar-refractivity contribution in [3.05, 3.63) is 70.8 Å². The number of unbranched alkanes of at least 4 members (excludes halogenated alkanes) is 1. The van der Waals surface area contributed by atoms with Gasteiger partial charge in [0.25, 0.3) is 5.95 Å². The van der Waals surface area contributed by atoms with Crippen molar-refractivity contribution in [2.24, 2.45) is 13.0 Å². The average molecular weight is 608 g/mol. The Morgan fingerprint density at radius 2 is 1.56 bits per heavy atom. The standard InChI is InChI=1S/C30H35F6N7/c1-5-7-10-20(3)17-42(6-2)27-23(15-22-11-8-9-12-26(22)37-27)19-43(28-38-40-41(4)39-28)18-21-13-24(29(31,32)33)16-25(14-21)30(34,35)36/h8-9,11-16,20H,5-7,10,17-19H2,1-4H3. The fourth-order valence-electron chi connectivity index (χ4n) is 5.06. The van der Waals surface area contributed by atoms with Crippen LogP contribution in [0, 0.1) is 5.92 Å². The van der Waals surface area contributed by atoms with Crippen LogP contribution in [0.5, 0.6) is 0 Å². The molecule has 2 aromatic heterocycles. The summed E-state index contributed by atoms with van der Waals surface area (Å²) in [5.41, 5.74) is -1.44. The summed E-state index contributed by atoms with van der Waals surface area (Å²) in [6, 6.07) is 11.1. The van der Waals surface area contributed by atoms with Crippen molar-refractivity contribution >= 4 is 22.7 Å². The monoisotopic (exact) mass is 607 g/mol. The fourth-order valence-corrected chi connectivity index (χ4v) is 5.06. The highest BCUT2D eigenvalue weighted by Gasteiger charge is 2.37. The Labute approximate surface area is 246 Å². The summed E-state index contributed by atoms with van der Waals surface area (Å²) in [6.07, 6.45) is -6.70. The molecule has 0 saturated heterocycles. The molecule has 43 heavy (non-hydrogen) atoms. The lowest BCUT2D eigenvalue weighted by molar-refractivity contribution is -0.143. The smallest absolute Gasteiger partial charge is 0.356 e. The molecule has 0 bridgehead atoms. The molecule has 2 heterocycles. The number of aromatic nitrogens is 5. The Balaban J connectivity index is 1.79. The molecule has 1 unspecified atom stereocenters. The van der Waals surface area contributed by atoms with Crippen LogP contribution in [-0.2, 0) is 32.5 Å². The molecule has 0 N–H and O–H groups in total. The van der Waals surface area contributed by atoms with Gasteiger partial charge in [-0.15, -0.1) is 5.10 Å². The van der Waals surface area contributed by atoms with E-state index in [1.54, 1.807) is 0 Å². The molecular formula is C30H35F6N7. The molecule has 232 valence electrons. The van der Waals surface area contributed by atoms with Crippen molar-refractivity contribution in [3.8, 4) is 0 Å². The van der Waals surface area contributed by atoms with E-state index < -0.39 is 23.5 Å². The third kappa shape index (κ3) is 8.14. The van der Waals surface area contributed by atoms with E-state index in [0.29, 0.717) is 18.3 Å². The van der Waals surface area contributed by atoms with Gasteiger partial charge in [-0.2, -0.15) is 31.1 Å². The van der Waals surface area contributed by atoms with Crippen LogP contribution in [0.15, 0.2) is 48.5 Å². The van der Waals surface area contributed by atoms with Crippen LogP contribution < -0.4 is 9.80 Å². The lowest BCUT2D eigenvalue weighted by Gasteiger charge is -2.30. The summed E-state index contributed by atoms with van der Waals surface area (Å²) >= 11 is 0. The van der Waals surface area contributed by atoms with Gasteiger partial charge in [-0.1, -0.05) is 50.0 Å². The van der Waals surface area contributed by atoms with E-state index in [2.05, 4.69) is 34.2 Å². The number of hydrogen-bond donors (Lipinski definition) is 0. The van der Waals surface area contributed by atoms with Crippen LogP contribution in [0.4, 0.5) is 38.1 Å². The van der Waals surface area contributed by atoms with Gasteiger partial charge in [0.2, 0.25) is 0 Å². The Bertz CT molecular complexity index is 1480. The molecule has 0 saturated carbocycles. The topological polar surface area (TPSA) is 63.0 Å². The van der Waals surface area contributed by atoms with Crippen LogP contribution in [0.1, 0.15) is 62.3 Å². The summed E-state index contributed by atoms with van der Waals surface area (Å²) in [4.78, 5) is 9.84. The number of para-hydroxylation sites is 1. The molecule has 0 radical (unpaired) electrons. The van der Waals surface area contributed by atoms with Crippen molar-refractivity contribution in [3.63, 3.8) is 0 Å². The fraction of sp³-hybridized carbons (Fsp3) is 0.467. The number of tetrazole rings is 1. The van der Waals surface area contributed by atoms with Gasteiger partial charge in [0.1, 0.15) is 5.82 Å². The van der Waals surface area contributed by atoms with Crippen molar-refractivity contribution in [2.75, 3.05) is 22.9 Å². The van der Waals surface area contributed by atoms with Crippen molar-refractivity contribution in [1.82, 2.24) is 25.2 Å². The molecule has 0 aliphatic rings. The summed E-state index contributed by atoms with van der Waals surface area (Å²) in [5.74, 6) is 1.13. The van der Waals surface area contributed by atoms with Gasteiger partial charge in [0, 0.05) is 37.1 Å². The highest BCUT2D eigenvalue weighted by molar-refractivity contribution is 5.82. The maximum Gasteiger partial charge on any atom is 0.416 e. The lowest BCUT2D eigenvalue weighted by atomic mass is 10.0. The Morgan fingerprint density at radius 3 is 2.14 bits per heavy atom. The van der Waals surface area contributed by atoms with Crippen LogP contribution in [0.3, 0.4) is 0 Å². The lowest BCUT2D eigenvalue weighted by Crippen LogP contribution is -2.32. The number of aryl methyl sites for hydroxylation is 1. The summed E-state index contributed by atoms with van der Waals surface area (Å²) in [5, 5.41) is 13.0. The predicted octanol–water partition coefficient (Wildman–Crippen LogP) is 7.66. The highest BCUT2D eigenvalue weighted by Crippen LogP contribution is 2.37. The number of alkyl halides is 6. The molecular weight excluding hydrogens is 572 g/mol. The molecule has 0 aliphatic carbocycles. The maximum absolute atomic E-state index is 13.6.